The van der Waals surface area contributed by atoms with Crippen molar-refractivity contribution >= 4 is 5.91 Å². The zero-order valence-corrected chi connectivity index (χ0v) is 11.1. The van der Waals surface area contributed by atoms with Gasteiger partial charge in [0.15, 0.2) is 0 Å². The monoisotopic (exact) mass is 266 g/mol. The first-order chi connectivity index (χ1) is 8.13. The van der Waals surface area contributed by atoms with Crippen LogP contribution in [0.3, 0.4) is 0 Å². The minimum absolute atomic E-state index is 0.0594. The highest BCUT2D eigenvalue weighted by Crippen LogP contribution is 2.33. The van der Waals surface area contributed by atoms with Crippen LogP contribution in [-0.4, -0.2) is 43.7 Å². The average molecular weight is 266 g/mol. The molecule has 0 radical (unpaired) electrons. The Bertz CT molecular complexity index is 302. The van der Waals surface area contributed by atoms with Crippen LogP contribution in [0.15, 0.2) is 0 Å². The minimum atomic E-state index is -4.79. The van der Waals surface area contributed by atoms with Crippen molar-refractivity contribution < 1.29 is 18.0 Å². The van der Waals surface area contributed by atoms with Gasteiger partial charge in [-0.2, -0.15) is 13.2 Å². The highest BCUT2D eigenvalue weighted by Gasteiger charge is 2.40. The van der Waals surface area contributed by atoms with Crippen molar-refractivity contribution in [1.82, 2.24) is 10.2 Å². The first-order valence-corrected chi connectivity index (χ1v) is 6.16. The standard InChI is InChI=1S/C12H21F3N2O/c1-11(2,8-16-10(18)12(13,14)15)9-5-4-6-17(3)7-9/h9H,4-8H2,1-3H3,(H,16,18). The minimum Gasteiger partial charge on any atom is -0.348 e. The van der Waals surface area contributed by atoms with Gasteiger partial charge in [-0.3, -0.25) is 4.79 Å². The predicted molar refractivity (Wildman–Crippen MR) is 63.1 cm³/mol. The van der Waals surface area contributed by atoms with E-state index in [4.69, 9.17) is 0 Å². The zero-order valence-electron chi connectivity index (χ0n) is 11.1. The Balaban J connectivity index is 2.51. The van der Waals surface area contributed by atoms with Crippen molar-refractivity contribution in [3.05, 3.63) is 0 Å². The molecule has 0 bridgehead atoms. The van der Waals surface area contributed by atoms with Crippen LogP contribution < -0.4 is 5.32 Å². The Hall–Kier alpha value is -0.780. The second-order valence-electron chi connectivity index (χ2n) is 5.77. The van der Waals surface area contributed by atoms with Crippen molar-refractivity contribution in [2.75, 3.05) is 26.7 Å². The van der Waals surface area contributed by atoms with E-state index in [-0.39, 0.29) is 12.0 Å². The fraction of sp³-hybridized carbons (Fsp3) is 0.917. The highest BCUT2D eigenvalue weighted by atomic mass is 19.4. The van der Waals surface area contributed by atoms with E-state index >= 15 is 0 Å². The van der Waals surface area contributed by atoms with Gasteiger partial charge in [-0.05, 0) is 37.8 Å². The maximum atomic E-state index is 12.1. The summed E-state index contributed by atoms with van der Waals surface area (Å²) >= 11 is 0. The number of likely N-dealkylation sites (tertiary alicyclic amines) is 1. The summed E-state index contributed by atoms with van der Waals surface area (Å²) in [6, 6.07) is 0. The maximum Gasteiger partial charge on any atom is 0.471 e. The first kappa shape index (κ1) is 15.3. The van der Waals surface area contributed by atoms with Crippen LogP contribution in [-0.2, 0) is 4.79 Å². The van der Waals surface area contributed by atoms with Gasteiger partial charge in [-0.15, -0.1) is 0 Å². The summed E-state index contributed by atoms with van der Waals surface area (Å²) in [6.45, 7) is 5.78. The van der Waals surface area contributed by atoms with Gasteiger partial charge < -0.3 is 10.2 Å². The van der Waals surface area contributed by atoms with Gasteiger partial charge >= 0.3 is 12.1 Å². The van der Waals surface area contributed by atoms with Gasteiger partial charge in [-0.1, -0.05) is 13.8 Å². The molecule has 1 saturated heterocycles. The van der Waals surface area contributed by atoms with Crippen LogP contribution in [0.2, 0.25) is 0 Å². The van der Waals surface area contributed by atoms with Crippen molar-refractivity contribution in [3.63, 3.8) is 0 Å². The molecule has 1 fully saturated rings. The highest BCUT2D eigenvalue weighted by molar-refractivity contribution is 5.81. The fourth-order valence-corrected chi connectivity index (χ4v) is 2.36. The molecule has 1 N–H and O–H groups in total. The first-order valence-electron chi connectivity index (χ1n) is 6.16. The molecule has 1 aliphatic heterocycles. The molecule has 18 heavy (non-hydrogen) atoms. The quantitative estimate of drug-likeness (QED) is 0.847. The molecule has 0 aromatic rings. The van der Waals surface area contributed by atoms with E-state index in [2.05, 4.69) is 4.90 Å². The molecular formula is C12H21F3N2O. The molecule has 1 unspecified atom stereocenters. The van der Waals surface area contributed by atoms with Crippen molar-refractivity contribution in [1.29, 1.82) is 0 Å². The van der Waals surface area contributed by atoms with E-state index in [1.54, 1.807) is 0 Å². The number of carbonyl (C=O) groups excluding carboxylic acids is 1. The Kier molecular flexibility index (Phi) is 4.64. The molecule has 0 spiro atoms. The van der Waals surface area contributed by atoms with Crippen molar-refractivity contribution in [2.24, 2.45) is 11.3 Å². The molecule has 6 heteroatoms. The molecule has 0 aromatic carbocycles. The van der Waals surface area contributed by atoms with Gasteiger partial charge in [0.05, 0.1) is 0 Å². The van der Waals surface area contributed by atoms with Gasteiger partial charge in [0.2, 0.25) is 0 Å². The number of amides is 1. The van der Waals surface area contributed by atoms with Crippen LogP contribution in [0.4, 0.5) is 13.2 Å². The molecule has 1 heterocycles. The lowest BCUT2D eigenvalue weighted by molar-refractivity contribution is -0.174. The summed E-state index contributed by atoms with van der Waals surface area (Å²) in [4.78, 5) is 13.0. The lowest BCUT2D eigenvalue weighted by atomic mass is 9.74. The number of hydrogen-bond donors (Lipinski definition) is 1. The maximum absolute atomic E-state index is 12.1. The topological polar surface area (TPSA) is 32.3 Å². The third-order valence-electron chi connectivity index (χ3n) is 3.69. The third kappa shape index (κ3) is 4.15. The Morgan fingerprint density at radius 1 is 1.39 bits per heavy atom. The van der Waals surface area contributed by atoms with Crippen LogP contribution in [0.25, 0.3) is 0 Å². The number of alkyl halides is 3. The largest absolute Gasteiger partial charge is 0.471 e. The van der Waals surface area contributed by atoms with Gasteiger partial charge in [0.25, 0.3) is 0 Å². The molecule has 1 amide bonds. The molecule has 106 valence electrons. The second-order valence-corrected chi connectivity index (χ2v) is 5.77. The Morgan fingerprint density at radius 2 is 2.00 bits per heavy atom. The number of rotatable bonds is 3. The van der Waals surface area contributed by atoms with Crippen LogP contribution >= 0.6 is 0 Å². The van der Waals surface area contributed by atoms with Gasteiger partial charge in [-0.25, -0.2) is 0 Å². The third-order valence-corrected chi connectivity index (χ3v) is 3.69. The zero-order chi connectivity index (χ0) is 14.0. The summed E-state index contributed by atoms with van der Waals surface area (Å²) in [5.41, 5.74) is -0.324. The van der Waals surface area contributed by atoms with Crippen molar-refractivity contribution in [2.45, 2.75) is 32.9 Å². The smallest absolute Gasteiger partial charge is 0.348 e. The molecule has 1 aliphatic rings. The Labute approximate surface area is 106 Å². The molecule has 1 atom stereocenters. The summed E-state index contributed by atoms with van der Waals surface area (Å²) < 4.78 is 36.3. The summed E-state index contributed by atoms with van der Waals surface area (Å²) in [5.74, 6) is -1.54. The molecule has 0 aromatic heterocycles. The molecule has 0 aliphatic carbocycles. The summed E-state index contributed by atoms with van der Waals surface area (Å²) in [7, 11) is 2.01. The number of carbonyl (C=O) groups is 1. The van der Waals surface area contributed by atoms with Gasteiger partial charge in [0.1, 0.15) is 0 Å². The van der Waals surface area contributed by atoms with E-state index in [1.807, 2.05) is 26.2 Å². The lowest BCUT2D eigenvalue weighted by Crippen LogP contribution is -2.47. The van der Waals surface area contributed by atoms with E-state index in [0.717, 1.165) is 25.9 Å². The molecule has 0 saturated carbocycles. The van der Waals surface area contributed by atoms with Crippen LogP contribution in [0, 0.1) is 11.3 Å². The van der Waals surface area contributed by atoms with E-state index in [9.17, 15) is 18.0 Å². The molecular weight excluding hydrogens is 245 g/mol. The number of halogens is 3. The van der Waals surface area contributed by atoms with Crippen molar-refractivity contribution in [3.8, 4) is 0 Å². The van der Waals surface area contributed by atoms with Crippen LogP contribution in [0.5, 0.6) is 0 Å². The lowest BCUT2D eigenvalue weighted by Gasteiger charge is -2.40. The normalized spacial score (nSPS) is 22.9. The van der Waals surface area contributed by atoms with Gasteiger partial charge in [0, 0.05) is 13.1 Å². The molecule has 3 nitrogen and oxygen atoms in total. The van der Waals surface area contributed by atoms with E-state index < -0.39 is 12.1 Å². The Morgan fingerprint density at radius 3 is 2.50 bits per heavy atom. The van der Waals surface area contributed by atoms with Crippen LogP contribution in [0.1, 0.15) is 26.7 Å². The van der Waals surface area contributed by atoms with E-state index in [1.165, 1.54) is 0 Å². The average Bonchev–Trinajstić information content (AvgIpc) is 2.24. The van der Waals surface area contributed by atoms with E-state index in [0.29, 0.717) is 5.92 Å². The predicted octanol–water partition coefficient (Wildman–Crippen LogP) is 2.03. The summed E-state index contributed by atoms with van der Waals surface area (Å²) in [6.07, 6.45) is -2.74. The number of piperidine rings is 1. The summed E-state index contributed by atoms with van der Waals surface area (Å²) in [5, 5.41) is 1.99. The number of nitrogens with zero attached hydrogens (tertiary/aromatic N) is 1. The molecule has 1 rings (SSSR count). The second kappa shape index (κ2) is 5.47. The SMILES string of the molecule is CN1CCCC(C(C)(C)CNC(=O)C(F)(F)F)C1. The fourth-order valence-electron chi connectivity index (χ4n) is 2.36. The number of hydrogen-bond acceptors (Lipinski definition) is 2. The number of nitrogens with one attached hydrogen (secondary N) is 1.